The molecule has 2 rings (SSSR count). The lowest BCUT2D eigenvalue weighted by Gasteiger charge is -2.36. The molecular weight excluding hydrogens is 260 g/mol. The van der Waals surface area contributed by atoms with Crippen molar-refractivity contribution in [2.75, 3.05) is 46.3 Å². The van der Waals surface area contributed by atoms with E-state index in [1.165, 1.54) is 0 Å². The number of piperazine rings is 1. The molecule has 112 valence electrons. The van der Waals surface area contributed by atoms with Crippen molar-refractivity contribution in [3.8, 4) is 0 Å². The van der Waals surface area contributed by atoms with Gasteiger partial charge in [-0.1, -0.05) is 19.1 Å². The largest absolute Gasteiger partial charge is 0.312 e. The van der Waals surface area contributed by atoms with Crippen molar-refractivity contribution in [1.29, 1.82) is 0 Å². The molecule has 1 atom stereocenters. The molecule has 1 aliphatic heterocycles. The number of nitrogens with one attached hydrogen (secondary N) is 1. The Bertz CT molecular complexity index is 431. The molecule has 20 heavy (non-hydrogen) atoms. The number of benzene rings is 1. The highest BCUT2D eigenvalue weighted by molar-refractivity contribution is 5.23. The fourth-order valence-electron chi connectivity index (χ4n) is 2.68. The third-order valence-corrected chi connectivity index (χ3v) is 4.06. The molecule has 5 heteroatoms. The number of hydrogen-bond acceptors (Lipinski definition) is 3. The first kappa shape index (κ1) is 15.4. The Morgan fingerprint density at radius 3 is 2.40 bits per heavy atom. The molecule has 0 aliphatic carbocycles. The van der Waals surface area contributed by atoms with Gasteiger partial charge in [-0.05, 0) is 19.7 Å². The zero-order valence-corrected chi connectivity index (χ0v) is 12.2. The van der Waals surface area contributed by atoms with Gasteiger partial charge < -0.3 is 10.2 Å². The fraction of sp³-hybridized carbons (Fsp3) is 0.600. The Hall–Kier alpha value is -1.04. The molecule has 3 nitrogen and oxygen atoms in total. The van der Waals surface area contributed by atoms with Crippen LogP contribution in [0.2, 0.25) is 0 Å². The van der Waals surface area contributed by atoms with E-state index in [2.05, 4.69) is 22.0 Å². The van der Waals surface area contributed by atoms with E-state index in [-0.39, 0.29) is 6.04 Å². The van der Waals surface area contributed by atoms with Crippen LogP contribution < -0.4 is 5.32 Å². The molecule has 0 aromatic heterocycles. The van der Waals surface area contributed by atoms with E-state index in [9.17, 15) is 8.78 Å². The smallest absolute Gasteiger partial charge is 0.163 e. The van der Waals surface area contributed by atoms with Crippen LogP contribution in [0.4, 0.5) is 8.78 Å². The highest BCUT2D eigenvalue weighted by atomic mass is 19.2. The van der Waals surface area contributed by atoms with Gasteiger partial charge in [-0.3, -0.25) is 4.90 Å². The topological polar surface area (TPSA) is 18.5 Å². The SMILES string of the molecule is CCN1CCN(CC(NC)c2cccc(F)c2F)CC1. The highest BCUT2D eigenvalue weighted by Crippen LogP contribution is 2.20. The lowest BCUT2D eigenvalue weighted by atomic mass is 10.1. The third-order valence-electron chi connectivity index (χ3n) is 4.06. The van der Waals surface area contributed by atoms with E-state index in [4.69, 9.17) is 0 Å². The molecule has 0 radical (unpaired) electrons. The van der Waals surface area contributed by atoms with Crippen LogP contribution in [0.15, 0.2) is 18.2 Å². The highest BCUT2D eigenvalue weighted by Gasteiger charge is 2.22. The van der Waals surface area contributed by atoms with Gasteiger partial charge in [0.25, 0.3) is 0 Å². The van der Waals surface area contributed by atoms with Crippen molar-refractivity contribution in [2.24, 2.45) is 0 Å². The van der Waals surface area contributed by atoms with Crippen LogP contribution in [-0.4, -0.2) is 56.1 Å². The second kappa shape index (κ2) is 7.11. The molecule has 0 saturated carbocycles. The van der Waals surface area contributed by atoms with Crippen molar-refractivity contribution in [3.05, 3.63) is 35.4 Å². The summed E-state index contributed by atoms with van der Waals surface area (Å²) < 4.78 is 27.2. The molecule has 0 spiro atoms. The van der Waals surface area contributed by atoms with Crippen molar-refractivity contribution in [3.63, 3.8) is 0 Å². The van der Waals surface area contributed by atoms with Gasteiger partial charge in [-0.15, -0.1) is 0 Å². The van der Waals surface area contributed by atoms with Crippen LogP contribution in [-0.2, 0) is 0 Å². The summed E-state index contributed by atoms with van der Waals surface area (Å²) in [7, 11) is 1.79. The van der Waals surface area contributed by atoms with Crippen molar-refractivity contribution in [2.45, 2.75) is 13.0 Å². The summed E-state index contributed by atoms with van der Waals surface area (Å²) >= 11 is 0. The molecule has 0 amide bonds. The van der Waals surface area contributed by atoms with Crippen LogP contribution in [0.25, 0.3) is 0 Å². The van der Waals surface area contributed by atoms with Gasteiger partial charge in [-0.25, -0.2) is 8.78 Å². The zero-order chi connectivity index (χ0) is 14.5. The summed E-state index contributed by atoms with van der Waals surface area (Å²) in [4.78, 5) is 4.70. The maximum Gasteiger partial charge on any atom is 0.163 e. The Labute approximate surface area is 119 Å². The molecule has 1 aromatic rings. The summed E-state index contributed by atoms with van der Waals surface area (Å²) in [6.07, 6.45) is 0. The standard InChI is InChI=1S/C15H23F2N3/c1-3-19-7-9-20(10-8-19)11-14(18-2)12-5-4-6-13(16)15(12)17/h4-6,14,18H,3,7-11H2,1-2H3. The molecule has 1 aromatic carbocycles. The van der Waals surface area contributed by atoms with E-state index in [0.717, 1.165) is 38.8 Å². The summed E-state index contributed by atoms with van der Waals surface area (Å²) in [6.45, 7) is 7.97. The molecule has 1 saturated heterocycles. The van der Waals surface area contributed by atoms with Gasteiger partial charge in [-0.2, -0.15) is 0 Å². The number of halogens is 2. The molecule has 1 N–H and O–H groups in total. The van der Waals surface area contributed by atoms with Gasteiger partial charge in [0, 0.05) is 44.3 Å². The van der Waals surface area contributed by atoms with Crippen molar-refractivity contribution in [1.82, 2.24) is 15.1 Å². The summed E-state index contributed by atoms with van der Waals surface area (Å²) in [6, 6.07) is 4.19. The molecular formula is C15H23F2N3. The predicted molar refractivity (Wildman–Crippen MR) is 76.7 cm³/mol. The minimum absolute atomic E-state index is 0.182. The van der Waals surface area contributed by atoms with E-state index >= 15 is 0 Å². The fourth-order valence-corrected chi connectivity index (χ4v) is 2.68. The monoisotopic (exact) mass is 283 g/mol. The van der Waals surface area contributed by atoms with Gasteiger partial charge in [0.15, 0.2) is 11.6 Å². The Balaban J connectivity index is 2.01. The summed E-state index contributed by atoms with van der Waals surface area (Å²) in [5.41, 5.74) is 0.408. The summed E-state index contributed by atoms with van der Waals surface area (Å²) in [5, 5.41) is 3.10. The quantitative estimate of drug-likeness (QED) is 0.890. The molecule has 1 aliphatic rings. The number of hydrogen-bond donors (Lipinski definition) is 1. The lowest BCUT2D eigenvalue weighted by Crippen LogP contribution is -2.48. The van der Waals surface area contributed by atoms with Crippen LogP contribution in [0.1, 0.15) is 18.5 Å². The average molecular weight is 283 g/mol. The van der Waals surface area contributed by atoms with Crippen LogP contribution in [0.3, 0.4) is 0 Å². The predicted octanol–water partition coefficient (Wildman–Crippen LogP) is 1.86. The number of nitrogens with zero attached hydrogens (tertiary/aromatic N) is 2. The molecule has 1 fully saturated rings. The van der Waals surface area contributed by atoms with Crippen molar-refractivity contribution < 1.29 is 8.78 Å². The van der Waals surface area contributed by atoms with Crippen LogP contribution >= 0.6 is 0 Å². The van der Waals surface area contributed by atoms with Crippen LogP contribution in [0, 0.1) is 11.6 Å². The summed E-state index contributed by atoms with van der Waals surface area (Å²) in [5.74, 6) is -1.52. The maximum atomic E-state index is 13.9. The minimum atomic E-state index is -0.779. The number of likely N-dealkylation sites (N-methyl/N-ethyl adjacent to an activating group) is 2. The van der Waals surface area contributed by atoms with Crippen LogP contribution in [0.5, 0.6) is 0 Å². The molecule has 1 heterocycles. The first-order chi connectivity index (χ1) is 9.65. The Kier molecular flexibility index (Phi) is 5.46. The molecule has 1 unspecified atom stereocenters. The number of rotatable bonds is 5. The van der Waals surface area contributed by atoms with Gasteiger partial charge in [0.2, 0.25) is 0 Å². The first-order valence-electron chi connectivity index (χ1n) is 7.21. The maximum absolute atomic E-state index is 13.9. The second-order valence-electron chi connectivity index (χ2n) is 5.22. The third kappa shape index (κ3) is 3.53. The van der Waals surface area contributed by atoms with E-state index in [1.54, 1.807) is 19.2 Å². The van der Waals surface area contributed by atoms with Gasteiger partial charge in [0.05, 0.1) is 0 Å². The second-order valence-corrected chi connectivity index (χ2v) is 5.22. The van der Waals surface area contributed by atoms with E-state index in [1.807, 2.05) is 0 Å². The van der Waals surface area contributed by atoms with Gasteiger partial charge in [0.1, 0.15) is 0 Å². The van der Waals surface area contributed by atoms with E-state index < -0.39 is 11.6 Å². The average Bonchev–Trinajstić information content (AvgIpc) is 2.48. The van der Waals surface area contributed by atoms with E-state index in [0.29, 0.717) is 12.1 Å². The zero-order valence-electron chi connectivity index (χ0n) is 12.2. The lowest BCUT2D eigenvalue weighted by molar-refractivity contribution is 0.127. The molecule has 0 bridgehead atoms. The van der Waals surface area contributed by atoms with Gasteiger partial charge >= 0.3 is 0 Å². The minimum Gasteiger partial charge on any atom is -0.312 e. The van der Waals surface area contributed by atoms with Crippen molar-refractivity contribution >= 4 is 0 Å². The Morgan fingerprint density at radius 1 is 1.15 bits per heavy atom. The Morgan fingerprint density at radius 2 is 1.80 bits per heavy atom. The first-order valence-corrected chi connectivity index (χ1v) is 7.21. The normalized spacial score (nSPS) is 19.2.